The molecule has 0 amide bonds. The van der Waals surface area contributed by atoms with Crippen LogP contribution in [0.1, 0.15) is 39.0 Å². The van der Waals surface area contributed by atoms with E-state index in [1.807, 2.05) is 30.3 Å². The summed E-state index contributed by atoms with van der Waals surface area (Å²) in [5, 5.41) is 1.12. The van der Waals surface area contributed by atoms with Gasteiger partial charge in [0.15, 0.2) is 5.65 Å². The van der Waals surface area contributed by atoms with Crippen molar-refractivity contribution in [3.63, 3.8) is 0 Å². The summed E-state index contributed by atoms with van der Waals surface area (Å²) in [6.07, 6.45) is 6.31. The normalized spacial score (nSPS) is 11.6. The van der Waals surface area contributed by atoms with Crippen molar-refractivity contribution >= 4 is 33.1 Å². The number of methoxy groups -OCH3 is 1. The number of aryl methyl sites for hydroxylation is 1. The highest BCUT2D eigenvalue weighted by Crippen LogP contribution is 2.31. The SMILES string of the molecule is CCCCCCCn1c2ccc(OC)cc2c2nc3ccccc3nc21. The van der Waals surface area contributed by atoms with Gasteiger partial charge in [-0.15, -0.1) is 0 Å². The van der Waals surface area contributed by atoms with Gasteiger partial charge in [0.2, 0.25) is 0 Å². The average molecular weight is 347 g/mol. The molecule has 0 fully saturated rings. The van der Waals surface area contributed by atoms with Crippen LogP contribution in [0, 0.1) is 0 Å². The lowest BCUT2D eigenvalue weighted by Crippen LogP contribution is -2.00. The summed E-state index contributed by atoms with van der Waals surface area (Å²) in [5.74, 6) is 0.856. The maximum atomic E-state index is 5.44. The molecule has 0 N–H and O–H groups in total. The Morgan fingerprint density at radius 3 is 2.46 bits per heavy atom. The quantitative estimate of drug-likeness (QED) is 0.402. The summed E-state index contributed by atoms with van der Waals surface area (Å²) in [6.45, 7) is 3.23. The Labute approximate surface area is 153 Å². The number of benzene rings is 2. The summed E-state index contributed by atoms with van der Waals surface area (Å²) in [5.41, 5.74) is 5.01. The Bertz CT molecular complexity index is 1050. The van der Waals surface area contributed by atoms with Crippen molar-refractivity contribution in [3.8, 4) is 5.75 Å². The molecular weight excluding hydrogens is 322 g/mol. The highest BCUT2D eigenvalue weighted by atomic mass is 16.5. The van der Waals surface area contributed by atoms with Gasteiger partial charge in [-0.1, -0.05) is 44.7 Å². The number of hydrogen-bond acceptors (Lipinski definition) is 3. The lowest BCUT2D eigenvalue weighted by Gasteiger charge is -2.07. The highest BCUT2D eigenvalue weighted by molar-refractivity contribution is 6.06. The molecule has 0 aliphatic heterocycles. The van der Waals surface area contributed by atoms with Crippen molar-refractivity contribution in [1.29, 1.82) is 0 Å². The van der Waals surface area contributed by atoms with Crippen LogP contribution in [0.2, 0.25) is 0 Å². The zero-order chi connectivity index (χ0) is 17.9. The summed E-state index contributed by atoms with van der Waals surface area (Å²) < 4.78 is 7.76. The van der Waals surface area contributed by atoms with Gasteiger partial charge in [-0.25, -0.2) is 9.97 Å². The van der Waals surface area contributed by atoms with E-state index in [1.165, 1.54) is 37.6 Å². The smallest absolute Gasteiger partial charge is 0.160 e. The Morgan fingerprint density at radius 2 is 1.69 bits per heavy atom. The van der Waals surface area contributed by atoms with Gasteiger partial charge in [0.1, 0.15) is 11.3 Å². The molecule has 4 heteroatoms. The van der Waals surface area contributed by atoms with Crippen LogP contribution < -0.4 is 4.74 Å². The molecule has 4 aromatic rings. The van der Waals surface area contributed by atoms with Crippen molar-refractivity contribution in [2.75, 3.05) is 7.11 Å². The van der Waals surface area contributed by atoms with Crippen molar-refractivity contribution in [2.24, 2.45) is 0 Å². The van der Waals surface area contributed by atoms with E-state index < -0.39 is 0 Å². The van der Waals surface area contributed by atoms with Gasteiger partial charge in [-0.05, 0) is 36.8 Å². The van der Waals surface area contributed by atoms with E-state index >= 15 is 0 Å². The van der Waals surface area contributed by atoms with E-state index in [0.717, 1.165) is 39.9 Å². The van der Waals surface area contributed by atoms with E-state index in [0.29, 0.717) is 0 Å². The zero-order valence-corrected chi connectivity index (χ0v) is 15.5. The first-order valence-corrected chi connectivity index (χ1v) is 9.54. The number of rotatable bonds is 7. The molecule has 134 valence electrons. The van der Waals surface area contributed by atoms with E-state index in [-0.39, 0.29) is 0 Å². The number of hydrogen-bond donors (Lipinski definition) is 0. The largest absolute Gasteiger partial charge is 0.497 e. The van der Waals surface area contributed by atoms with Crippen molar-refractivity contribution in [2.45, 2.75) is 45.6 Å². The minimum Gasteiger partial charge on any atom is -0.497 e. The fraction of sp³-hybridized carbons (Fsp3) is 0.364. The second-order valence-electron chi connectivity index (χ2n) is 6.83. The molecule has 0 aliphatic rings. The first-order valence-electron chi connectivity index (χ1n) is 9.54. The predicted molar refractivity (Wildman–Crippen MR) is 108 cm³/mol. The van der Waals surface area contributed by atoms with Crippen LogP contribution in [0.3, 0.4) is 0 Å². The van der Waals surface area contributed by atoms with Gasteiger partial charge in [0.05, 0.1) is 23.7 Å². The fourth-order valence-electron chi connectivity index (χ4n) is 3.64. The maximum Gasteiger partial charge on any atom is 0.160 e. The van der Waals surface area contributed by atoms with E-state index in [4.69, 9.17) is 14.7 Å². The lowest BCUT2D eigenvalue weighted by molar-refractivity contribution is 0.415. The van der Waals surface area contributed by atoms with Crippen LogP contribution in [-0.2, 0) is 6.54 Å². The molecule has 0 atom stereocenters. The standard InChI is InChI=1S/C22H25N3O/c1-3-4-5-6-9-14-25-20-13-12-16(26-2)15-17(20)21-22(25)24-19-11-8-7-10-18(19)23-21/h7-8,10-13,15H,3-6,9,14H2,1-2H3. The summed E-state index contributed by atoms with van der Waals surface area (Å²) in [6, 6.07) is 14.3. The van der Waals surface area contributed by atoms with Crippen LogP contribution in [0.25, 0.3) is 33.1 Å². The van der Waals surface area contributed by atoms with Gasteiger partial charge in [0, 0.05) is 11.9 Å². The molecule has 0 saturated heterocycles. The summed E-state index contributed by atoms with van der Waals surface area (Å²) in [7, 11) is 1.70. The molecule has 26 heavy (non-hydrogen) atoms. The minimum atomic E-state index is 0.856. The molecule has 4 nitrogen and oxygen atoms in total. The van der Waals surface area contributed by atoms with E-state index in [9.17, 15) is 0 Å². The number of aromatic nitrogens is 3. The summed E-state index contributed by atoms with van der Waals surface area (Å²) >= 11 is 0. The first-order chi connectivity index (χ1) is 12.8. The number of fused-ring (bicyclic) bond motifs is 4. The first kappa shape index (κ1) is 16.8. The molecule has 2 aromatic carbocycles. The van der Waals surface area contributed by atoms with Crippen molar-refractivity contribution in [1.82, 2.24) is 14.5 Å². The van der Waals surface area contributed by atoms with Crippen LogP contribution in [0.5, 0.6) is 5.75 Å². The molecule has 0 spiro atoms. The minimum absolute atomic E-state index is 0.856. The van der Waals surface area contributed by atoms with Gasteiger partial charge >= 0.3 is 0 Å². The number of nitrogens with zero attached hydrogens (tertiary/aromatic N) is 3. The van der Waals surface area contributed by atoms with Crippen molar-refractivity contribution < 1.29 is 4.74 Å². The van der Waals surface area contributed by atoms with Crippen LogP contribution in [0.15, 0.2) is 42.5 Å². The van der Waals surface area contributed by atoms with Gasteiger partial charge in [-0.3, -0.25) is 0 Å². The topological polar surface area (TPSA) is 39.9 Å². The van der Waals surface area contributed by atoms with Crippen molar-refractivity contribution in [3.05, 3.63) is 42.5 Å². The third-order valence-corrected chi connectivity index (χ3v) is 5.04. The van der Waals surface area contributed by atoms with E-state index in [2.05, 4.69) is 23.6 Å². The molecule has 0 radical (unpaired) electrons. The molecule has 0 aliphatic carbocycles. The molecule has 0 bridgehead atoms. The van der Waals surface area contributed by atoms with Crippen LogP contribution >= 0.6 is 0 Å². The molecule has 0 saturated carbocycles. The second-order valence-corrected chi connectivity index (χ2v) is 6.83. The van der Waals surface area contributed by atoms with Gasteiger partial charge in [0.25, 0.3) is 0 Å². The van der Waals surface area contributed by atoms with E-state index in [1.54, 1.807) is 7.11 Å². The second kappa shape index (κ2) is 7.32. The Hall–Kier alpha value is -2.62. The molecule has 2 aromatic heterocycles. The lowest BCUT2D eigenvalue weighted by atomic mass is 10.1. The molecule has 4 rings (SSSR count). The molecule has 2 heterocycles. The van der Waals surface area contributed by atoms with Gasteiger partial charge < -0.3 is 9.30 Å². The third-order valence-electron chi connectivity index (χ3n) is 5.04. The third kappa shape index (κ3) is 3.00. The molecule has 0 unspecified atom stereocenters. The Balaban J connectivity index is 1.84. The molecular formula is C22H25N3O. The zero-order valence-electron chi connectivity index (χ0n) is 15.5. The fourth-order valence-corrected chi connectivity index (χ4v) is 3.64. The van der Waals surface area contributed by atoms with Crippen LogP contribution in [-0.4, -0.2) is 21.6 Å². The summed E-state index contributed by atoms with van der Waals surface area (Å²) in [4.78, 5) is 9.87. The Morgan fingerprint density at radius 1 is 0.923 bits per heavy atom. The average Bonchev–Trinajstić information content (AvgIpc) is 2.98. The number of para-hydroxylation sites is 2. The predicted octanol–water partition coefficient (Wildman–Crippen LogP) is 5.72. The monoisotopic (exact) mass is 347 g/mol. The highest BCUT2D eigenvalue weighted by Gasteiger charge is 2.15. The van der Waals surface area contributed by atoms with Gasteiger partial charge in [-0.2, -0.15) is 0 Å². The maximum absolute atomic E-state index is 5.44. The number of ether oxygens (including phenoxy) is 1. The number of unbranched alkanes of at least 4 members (excludes halogenated alkanes) is 4. The Kier molecular flexibility index (Phi) is 4.74. The van der Waals surface area contributed by atoms with Crippen LogP contribution in [0.4, 0.5) is 0 Å².